The second-order valence-electron chi connectivity index (χ2n) is 9.02. The summed E-state index contributed by atoms with van der Waals surface area (Å²) in [5, 5.41) is 11.8. The summed E-state index contributed by atoms with van der Waals surface area (Å²) in [6.07, 6.45) is 0. The van der Waals surface area contributed by atoms with Crippen LogP contribution >= 0.6 is 0 Å². The Balaban J connectivity index is 1.58. The SMILES string of the molecule is COc1cccc([C@@H]2C(C(=O)c3cc4cccc(OC)c4o3)=C(O)C(=O)N2CCN2CCOCC2)c1OC. The van der Waals surface area contributed by atoms with Crippen LogP contribution in [0.3, 0.4) is 0 Å². The third-order valence-corrected chi connectivity index (χ3v) is 6.99. The Hall–Kier alpha value is -4.02. The molecule has 1 fully saturated rings. The number of ether oxygens (including phenoxy) is 4. The Bertz CT molecular complexity index is 1390. The van der Waals surface area contributed by atoms with Crippen LogP contribution in [0.25, 0.3) is 11.0 Å². The van der Waals surface area contributed by atoms with Gasteiger partial charge in [-0.2, -0.15) is 0 Å². The van der Waals surface area contributed by atoms with Gasteiger partial charge in [0, 0.05) is 37.1 Å². The van der Waals surface area contributed by atoms with Crippen LogP contribution in [0.15, 0.2) is 58.2 Å². The van der Waals surface area contributed by atoms with Crippen molar-refractivity contribution >= 4 is 22.7 Å². The van der Waals surface area contributed by atoms with Crippen molar-refractivity contribution in [3.05, 3.63) is 65.1 Å². The van der Waals surface area contributed by atoms with E-state index in [0.29, 0.717) is 53.5 Å². The minimum atomic E-state index is -0.920. The number of aliphatic hydroxyl groups is 1. The summed E-state index contributed by atoms with van der Waals surface area (Å²) >= 11 is 0. The molecule has 200 valence electrons. The molecule has 0 radical (unpaired) electrons. The zero-order valence-corrected chi connectivity index (χ0v) is 21.6. The molecule has 0 saturated carbocycles. The van der Waals surface area contributed by atoms with Crippen molar-refractivity contribution in [1.29, 1.82) is 0 Å². The molecule has 0 unspecified atom stereocenters. The highest BCUT2D eigenvalue weighted by molar-refractivity contribution is 6.16. The molecule has 0 bridgehead atoms. The van der Waals surface area contributed by atoms with Crippen LogP contribution < -0.4 is 14.2 Å². The number of furan rings is 1. The van der Waals surface area contributed by atoms with Gasteiger partial charge in [-0.1, -0.05) is 24.3 Å². The number of carbonyl (C=O) groups is 2. The fraction of sp³-hybridized carbons (Fsp3) is 0.357. The molecule has 3 heterocycles. The highest BCUT2D eigenvalue weighted by Crippen LogP contribution is 2.45. The first kappa shape index (κ1) is 25.6. The van der Waals surface area contributed by atoms with E-state index in [1.165, 1.54) is 26.2 Å². The number of hydrogen-bond donors (Lipinski definition) is 1. The molecule has 1 amide bonds. The van der Waals surface area contributed by atoms with Gasteiger partial charge >= 0.3 is 0 Å². The number of amides is 1. The highest BCUT2D eigenvalue weighted by atomic mass is 16.5. The van der Waals surface area contributed by atoms with E-state index in [2.05, 4.69) is 4.90 Å². The lowest BCUT2D eigenvalue weighted by Gasteiger charge is -2.32. The number of para-hydroxylation sites is 2. The van der Waals surface area contributed by atoms with Crippen LogP contribution in [0.4, 0.5) is 0 Å². The van der Waals surface area contributed by atoms with Crippen molar-refractivity contribution in [1.82, 2.24) is 9.80 Å². The summed E-state index contributed by atoms with van der Waals surface area (Å²) in [7, 11) is 4.52. The quantitative estimate of drug-likeness (QED) is 0.423. The molecular formula is C28H30N2O8. The summed E-state index contributed by atoms with van der Waals surface area (Å²) in [6.45, 7) is 3.53. The Morgan fingerprint density at radius 2 is 1.71 bits per heavy atom. The van der Waals surface area contributed by atoms with E-state index in [4.69, 9.17) is 23.4 Å². The predicted molar refractivity (Wildman–Crippen MR) is 138 cm³/mol. The van der Waals surface area contributed by atoms with Crippen molar-refractivity contribution in [2.45, 2.75) is 6.04 Å². The fourth-order valence-corrected chi connectivity index (χ4v) is 5.08. The van der Waals surface area contributed by atoms with Crippen LogP contribution in [-0.2, 0) is 9.53 Å². The first-order chi connectivity index (χ1) is 18.5. The van der Waals surface area contributed by atoms with Crippen LogP contribution in [-0.4, -0.2) is 87.3 Å². The number of nitrogens with zero attached hydrogens (tertiary/aromatic N) is 2. The lowest BCUT2D eigenvalue weighted by molar-refractivity contribution is -0.129. The van der Waals surface area contributed by atoms with Gasteiger partial charge in [-0.15, -0.1) is 0 Å². The van der Waals surface area contributed by atoms with E-state index in [1.807, 2.05) is 0 Å². The van der Waals surface area contributed by atoms with Crippen molar-refractivity contribution in [3.8, 4) is 17.2 Å². The predicted octanol–water partition coefficient (Wildman–Crippen LogP) is 3.37. The Morgan fingerprint density at radius 1 is 1.00 bits per heavy atom. The van der Waals surface area contributed by atoms with E-state index in [0.717, 1.165) is 13.1 Å². The van der Waals surface area contributed by atoms with Gasteiger partial charge in [0.1, 0.15) is 0 Å². The number of rotatable bonds is 9. The molecule has 10 heteroatoms. The number of fused-ring (bicyclic) bond motifs is 1. The monoisotopic (exact) mass is 522 g/mol. The number of hydrogen-bond acceptors (Lipinski definition) is 9. The molecule has 0 aliphatic carbocycles. The summed E-state index contributed by atoms with van der Waals surface area (Å²) in [6, 6.07) is 11.2. The van der Waals surface area contributed by atoms with E-state index >= 15 is 0 Å². The molecule has 5 rings (SSSR count). The van der Waals surface area contributed by atoms with Crippen LogP contribution in [0.5, 0.6) is 17.2 Å². The summed E-state index contributed by atoms with van der Waals surface area (Å²) < 4.78 is 27.8. The second-order valence-corrected chi connectivity index (χ2v) is 9.02. The second kappa shape index (κ2) is 10.8. The molecule has 38 heavy (non-hydrogen) atoms. The summed E-state index contributed by atoms with van der Waals surface area (Å²) in [5.41, 5.74) is 0.840. The van der Waals surface area contributed by atoms with Crippen molar-refractivity contribution in [2.75, 3.05) is 60.7 Å². The zero-order chi connectivity index (χ0) is 26.8. The van der Waals surface area contributed by atoms with Gasteiger partial charge in [-0.25, -0.2) is 0 Å². The fourth-order valence-electron chi connectivity index (χ4n) is 5.08. The van der Waals surface area contributed by atoms with Gasteiger partial charge < -0.3 is 33.4 Å². The number of methoxy groups -OCH3 is 3. The molecular weight excluding hydrogens is 492 g/mol. The maximum atomic E-state index is 13.9. The van der Waals surface area contributed by atoms with E-state index in [-0.39, 0.29) is 17.9 Å². The standard InChI is InChI=1S/C28H30N2O8/c1-34-19-8-4-6-17-16-21(38-26(17)19)24(31)22-23(18-7-5-9-20(35-2)27(18)36-3)30(28(33)25(22)32)11-10-29-12-14-37-15-13-29/h4-9,16,23,32H,10-15H2,1-3H3/t23-/m1/s1. The highest BCUT2D eigenvalue weighted by Gasteiger charge is 2.46. The van der Waals surface area contributed by atoms with E-state index in [9.17, 15) is 14.7 Å². The molecule has 10 nitrogen and oxygen atoms in total. The number of benzene rings is 2. The maximum Gasteiger partial charge on any atom is 0.290 e. The normalized spacial score (nSPS) is 18.3. The lowest BCUT2D eigenvalue weighted by Crippen LogP contribution is -2.43. The lowest BCUT2D eigenvalue weighted by atomic mass is 9.94. The third-order valence-electron chi connectivity index (χ3n) is 6.99. The van der Waals surface area contributed by atoms with Gasteiger partial charge in [-0.3, -0.25) is 14.5 Å². The average molecular weight is 523 g/mol. The summed E-state index contributed by atoms with van der Waals surface area (Å²) in [5.74, 6) is -0.573. The first-order valence-electron chi connectivity index (χ1n) is 12.3. The molecule has 1 aromatic heterocycles. The van der Waals surface area contributed by atoms with E-state index in [1.54, 1.807) is 42.5 Å². The zero-order valence-electron chi connectivity index (χ0n) is 21.6. The van der Waals surface area contributed by atoms with Crippen molar-refractivity contribution < 1.29 is 38.1 Å². The van der Waals surface area contributed by atoms with E-state index < -0.39 is 23.5 Å². The molecule has 1 N–H and O–H groups in total. The Labute approximate surface area is 219 Å². The largest absolute Gasteiger partial charge is 0.503 e. The summed E-state index contributed by atoms with van der Waals surface area (Å²) in [4.78, 5) is 31.0. The van der Waals surface area contributed by atoms with Gasteiger partial charge in [-0.05, 0) is 18.2 Å². The molecule has 2 aliphatic rings. The van der Waals surface area contributed by atoms with Crippen LogP contribution in [0.2, 0.25) is 0 Å². The molecule has 2 aliphatic heterocycles. The number of carbonyl (C=O) groups excluding carboxylic acids is 2. The Morgan fingerprint density at radius 3 is 2.42 bits per heavy atom. The van der Waals surface area contributed by atoms with Gasteiger partial charge in [0.15, 0.2) is 34.4 Å². The Kier molecular flexibility index (Phi) is 7.26. The van der Waals surface area contributed by atoms with Gasteiger partial charge in [0.25, 0.3) is 5.91 Å². The number of morpholine rings is 1. The van der Waals surface area contributed by atoms with Crippen LogP contribution in [0.1, 0.15) is 22.2 Å². The number of Topliss-reactive ketones (excluding diaryl/α,β-unsaturated/α-hetero) is 1. The number of aliphatic hydroxyl groups excluding tert-OH is 1. The molecule has 2 aromatic carbocycles. The molecule has 3 aromatic rings. The minimum Gasteiger partial charge on any atom is -0.503 e. The average Bonchev–Trinajstić information content (AvgIpc) is 3.50. The maximum absolute atomic E-state index is 13.9. The number of ketones is 1. The molecule has 0 spiro atoms. The van der Waals surface area contributed by atoms with Crippen molar-refractivity contribution in [2.24, 2.45) is 0 Å². The first-order valence-corrected chi connectivity index (χ1v) is 12.3. The minimum absolute atomic E-state index is 0.0132. The third kappa shape index (κ3) is 4.46. The van der Waals surface area contributed by atoms with Crippen molar-refractivity contribution in [3.63, 3.8) is 0 Å². The van der Waals surface area contributed by atoms with Crippen LogP contribution in [0, 0.1) is 0 Å². The molecule has 1 saturated heterocycles. The topological polar surface area (TPSA) is 111 Å². The smallest absolute Gasteiger partial charge is 0.290 e. The van der Waals surface area contributed by atoms with Gasteiger partial charge in [0.05, 0.1) is 46.2 Å². The molecule has 1 atom stereocenters. The van der Waals surface area contributed by atoms with Gasteiger partial charge in [0.2, 0.25) is 5.78 Å².